The Morgan fingerprint density at radius 1 is 0.560 bits per heavy atom. The lowest BCUT2D eigenvalue weighted by molar-refractivity contribution is -0.893. The second-order valence-electron chi connectivity index (χ2n) is 15.9. The zero-order chi connectivity index (χ0) is 36.0. The highest BCUT2D eigenvalue weighted by atomic mass is 35.5. The van der Waals surface area contributed by atoms with Gasteiger partial charge in [0.25, 0.3) is 0 Å². The molecule has 1 saturated heterocycles. The van der Waals surface area contributed by atoms with E-state index < -0.39 is 36.8 Å². The van der Waals surface area contributed by atoms with Gasteiger partial charge in [0, 0.05) is 6.61 Å². The lowest BCUT2D eigenvalue weighted by Crippen LogP contribution is -3.00. The Balaban J connectivity index is 0.0000240. The Hall–Kier alpha value is -0.0300. The van der Waals surface area contributed by atoms with Crippen LogP contribution in [0.3, 0.4) is 0 Å². The van der Waals surface area contributed by atoms with Crippen molar-refractivity contribution in [1.29, 1.82) is 0 Å². The molecular weight excluding hydrogens is 654 g/mol. The number of likely N-dealkylation sites (N-methyl/N-ethyl adjacent to an activating group) is 1. The molecule has 1 rings (SSSR count). The number of halogens is 1. The SMILES string of the molecule is CCCCCCCCCCCCCCCCCC[N+](C)(C)CC(O)COC[C@H]1O[C@H](OCCCCCCCCCCCC)[C@H](O)[C@@H](O)[C@@H]1O.[Cl-]. The summed E-state index contributed by atoms with van der Waals surface area (Å²) in [6.07, 6.45) is 27.6. The molecule has 0 aromatic carbocycles. The van der Waals surface area contributed by atoms with Gasteiger partial charge >= 0.3 is 0 Å². The van der Waals surface area contributed by atoms with Crippen molar-refractivity contribution in [2.45, 2.75) is 218 Å². The standard InChI is InChI=1S/C41H84NO7.ClH/c1-5-7-9-11-13-15-17-18-19-20-21-22-23-25-27-29-31-42(3,4)33-36(43)34-47-35-37-38(44)39(45)40(46)41(49-37)48-32-30-28-26-24-16-14-12-10-8-6-2;/h36-41,43-46H,5-35H2,1-4H3;1H/q+1;/p-1/t36?,37-,38-,39+,40-,41+;/m1./s1. The monoisotopic (exact) mass is 738 g/mol. The molecule has 0 radical (unpaired) electrons. The Kier molecular flexibility index (Phi) is 33.5. The normalized spacial score (nSPS) is 21.7. The number of unbranched alkanes of at least 4 members (excludes halogenated alkanes) is 24. The molecule has 0 aliphatic carbocycles. The lowest BCUT2D eigenvalue weighted by atomic mass is 9.99. The van der Waals surface area contributed by atoms with E-state index in [1.165, 1.54) is 148 Å². The Bertz CT molecular complexity index is 718. The van der Waals surface area contributed by atoms with E-state index in [0.717, 1.165) is 30.3 Å². The number of aliphatic hydroxyl groups excluding tert-OH is 4. The van der Waals surface area contributed by atoms with Gasteiger partial charge in [-0.25, -0.2) is 0 Å². The van der Waals surface area contributed by atoms with E-state index in [4.69, 9.17) is 14.2 Å². The lowest BCUT2D eigenvalue weighted by Gasteiger charge is -2.40. The molecule has 302 valence electrons. The Labute approximate surface area is 315 Å². The second kappa shape index (κ2) is 33.5. The predicted octanol–water partition coefficient (Wildman–Crippen LogP) is 5.45. The molecule has 1 fully saturated rings. The number of rotatable bonds is 35. The van der Waals surface area contributed by atoms with E-state index in [9.17, 15) is 20.4 Å². The first-order valence-corrected chi connectivity index (χ1v) is 21.1. The molecule has 1 unspecified atom stereocenters. The van der Waals surface area contributed by atoms with Crippen molar-refractivity contribution in [3.05, 3.63) is 0 Å². The van der Waals surface area contributed by atoms with E-state index in [2.05, 4.69) is 27.9 Å². The zero-order valence-electron chi connectivity index (χ0n) is 33.2. The summed E-state index contributed by atoms with van der Waals surface area (Å²) < 4.78 is 18.0. The molecule has 0 bridgehead atoms. The van der Waals surface area contributed by atoms with Gasteiger partial charge in [-0.2, -0.15) is 0 Å². The maximum absolute atomic E-state index is 10.7. The molecule has 50 heavy (non-hydrogen) atoms. The van der Waals surface area contributed by atoms with Crippen LogP contribution in [0.25, 0.3) is 0 Å². The molecule has 4 N–H and O–H groups in total. The fourth-order valence-electron chi connectivity index (χ4n) is 7.10. The highest BCUT2D eigenvalue weighted by Crippen LogP contribution is 2.23. The number of hydrogen-bond donors (Lipinski definition) is 4. The van der Waals surface area contributed by atoms with E-state index >= 15 is 0 Å². The molecule has 0 saturated carbocycles. The summed E-state index contributed by atoms with van der Waals surface area (Å²) in [5.74, 6) is 0. The van der Waals surface area contributed by atoms with Gasteiger partial charge in [0.05, 0.1) is 33.9 Å². The van der Waals surface area contributed by atoms with Crippen LogP contribution in [-0.4, -0.2) is 109 Å². The average molecular weight is 739 g/mol. The van der Waals surface area contributed by atoms with Crippen LogP contribution in [0, 0.1) is 0 Å². The molecule has 0 aromatic heterocycles. The first kappa shape index (κ1) is 50.0. The molecule has 8 nitrogen and oxygen atoms in total. The molecule has 1 aliphatic rings. The third kappa shape index (κ3) is 26.7. The zero-order valence-corrected chi connectivity index (χ0v) is 34.0. The smallest absolute Gasteiger partial charge is 0.186 e. The fourth-order valence-corrected chi connectivity index (χ4v) is 7.10. The third-order valence-electron chi connectivity index (χ3n) is 10.4. The molecule has 1 heterocycles. The van der Waals surface area contributed by atoms with Crippen LogP contribution in [-0.2, 0) is 14.2 Å². The number of hydrogen-bond acceptors (Lipinski definition) is 7. The van der Waals surface area contributed by atoms with Gasteiger partial charge in [-0.15, -0.1) is 0 Å². The highest BCUT2D eigenvalue weighted by Gasteiger charge is 2.44. The van der Waals surface area contributed by atoms with Gasteiger partial charge < -0.3 is 51.5 Å². The van der Waals surface area contributed by atoms with Gasteiger partial charge in [-0.1, -0.05) is 162 Å². The Morgan fingerprint density at radius 3 is 1.40 bits per heavy atom. The van der Waals surface area contributed by atoms with Crippen molar-refractivity contribution in [3.63, 3.8) is 0 Å². The molecule has 9 heteroatoms. The average Bonchev–Trinajstić information content (AvgIpc) is 3.07. The number of aliphatic hydroxyl groups is 4. The summed E-state index contributed by atoms with van der Waals surface area (Å²) in [6.45, 7) is 6.68. The minimum atomic E-state index is -1.37. The minimum absolute atomic E-state index is 0. The largest absolute Gasteiger partial charge is 1.00 e. The van der Waals surface area contributed by atoms with Gasteiger partial charge in [-0.05, 0) is 19.3 Å². The predicted molar refractivity (Wildman–Crippen MR) is 203 cm³/mol. The maximum Gasteiger partial charge on any atom is 0.186 e. The summed E-state index contributed by atoms with van der Waals surface area (Å²) in [6, 6.07) is 0. The number of nitrogens with zero attached hydrogens (tertiary/aromatic N) is 1. The number of ether oxygens (including phenoxy) is 3. The highest BCUT2D eigenvalue weighted by molar-refractivity contribution is 4.89. The van der Waals surface area contributed by atoms with Crippen molar-refractivity contribution in [2.24, 2.45) is 0 Å². The van der Waals surface area contributed by atoms with Crippen molar-refractivity contribution in [1.82, 2.24) is 0 Å². The van der Waals surface area contributed by atoms with Crippen molar-refractivity contribution < 1.29 is 51.5 Å². The van der Waals surface area contributed by atoms with Crippen LogP contribution < -0.4 is 12.4 Å². The van der Waals surface area contributed by atoms with E-state index in [1.54, 1.807) is 0 Å². The quantitative estimate of drug-likeness (QED) is 0.0507. The first-order valence-electron chi connectivity index (χ1n) is 21.1. The molecule has 0 aromatic rings. The van der Waals surface area contributed by atoms with E-state index in [1.807, 2.05) is 0 Å². The van der Waals surface area contributed by atoms with Crippen LogP contribution in [0.2, 0.25) is 0 Å². The summed E-state index contributed by atoms with van der Waals surface area (Å²) in [5.41, 5.74) is 0. The molecule has 6 atom stereocenters. The molecule has 0 amide bonds. The van der Waals surface area contributed by atoms with E-state index in [-0.39, 0.29) is 25.6 Å². The van der Waals surface area contributed by atoms with Crippen molar-refractivity contribution >= 4 is 0 Å². The second-order valence-corrected chi connectivity index (χ2v) is 15.9. The molecule has 0 spiro atoms. The van der Waals surface area contributed by atoms with Crippen LogP contribution >= 0.6 is 0 Å². The summed E-state index contributed by atoms with van der Waals surface area (Å²) >= 11 is 0. The summed E-state index contributed by atoms with van der Waals surface area (Å²) in [7, 11) is 4.30. The van der Waals surface area contributed by atoms with Crippen LogP contribution in [0.15, 0.2) is 0 Å². The summed E-state index contributed by atoms with van der Waals surface area (Å²) in [5, 5.41) is 41.9. The minimum Gasteiger partial charge on any atom is -1.00 e. The summed E-state index contributed by atoms with van der Waals surface area (Å²) in [4.78, 5) is 0. The first-order chi connectivity index (χ1) is 23.7. The number of quaternary nitrogens is 1. The van der Waals surface area contributed by atoms with Crippen LogP contribution in [0.4, 0.5) is 0 Å². The fraction of sp³-hybridized carbons (Fsp3) is 1.00. The molecular formula is C41H84ClNO7. The van der Waals surface area contributed by atoms with Crippen LogP contribution in [0.1, 0.15) is 181 Å². The van der Waals surface area contributed by atoms with Gasteiger partial charge in [0.15, 0.2) is 6.29 Å². The van der Waals surface area contributed by atoms with E-state index in [0.29, 0.717) is 13.2 Å². The topological polar surface area (TPSA) is 109 Å². The van der Waals surface area contributed by atoms with Gasteiger partial charge in [0.2, 0.25) is 0 Å². The Morgan fingerprint density at radius 2 is 0.960 bits per heavy atom. The molecule has 1 aliphatic heterocycles. The van der Waals surface area contributed by atoms with Crippen LogP contribution in [0.5, 0.6) is 0 Å². The van der Waals surface area contributed by atoms with Gasteiger partial charge in [0.1, 0.15) is 37.1 Å². The maximum atomic E-state index is 10.7. The van der Waals surface area contributed by atoms with Crippen molar-refractivity contribution in [3.8, 4) is 0 Å². The van der Waals surface area contributed by atoms with Gasteiger partial charge in [-0.3, -0.25) is 0 Å². The third-order valence-corrected chi connectivity index (χ3v) is 10.4. The van der Waals surface area contributed by atoms with Crippen molar-refractivity contribution in [2.75, 3.05) is 47.0 Å².